The first kappa shape index (κ1) is 13.5. The molecule has 0 heterocycles. The maximum absolute atomic E-state index is 12.8. The lowest BCUT2D eigenvalue weighted by molar-refractivity contribution is -0.189. The molecule has 0 saturated carbocycles. The smallest absolute Gasteiger partial charge is 0.369 e. The lowest BCUT2D eigenvalue weighted by Gasteiger charge is -2.34. The molecule has 0 bridgehead atoms. The molecule has 0 saturated heterocycles. The predicted molar refractivity (Wildman–Crippen MR) is 58.2 cm³/mol. The molecule has 17 heavy (non-hydrogen) atoms. The van der Waals surface area contributed by atoms with Crippen LogP contribution in [0.4, 0.5) is 13.2 Å². The van der Waals surface area contributed by atoms with E-state index in [0.717, 1.165) is 6.92 Å². The minimum atomic E-state index is -4.47. The first-order chi connectivity index (χ1) is 7.70. The Morgan fingerprint density at radius 3 is 2.06 bits per heavy atom. The highest BCUT2D eigenvalue weighted by atomic mass is 19.4. The Morgan fingerprint density at radius 2 is 1.71 bits per heavy atom. The van der Waals surface area contributed by atoms with Crippen molar-refractivity contribution in [2.75, 3.05) is 0 Å². The van der Waals surface area contributed by atoms with Gasteiger partial charge in [-0.15, -0.1) is 0 Å². The molecule has 1 aromatic rings. The van der Waals surface area contributed by atoms with E-state index in [1.54, 1.807) is 18.2 Å². The highest BCUT2D eigenvalue weighted by Crippen LogP contribution is 2.41. The second-order valence-corrected chi connectivity index (χ2v) is 4.20. The van der Waals surface area contributed by atoms with Crippen molar-refractivity contribution in [2.24, 2.45) is 11.7 Å². The molecular formula is C12H14F3NO. The van der Waals surface area contributed by atoms with Gasteiger partial charge in [-0.25, -0.2) is 0 Å². The van der Waals surface area contributed by atoms with Crippen LogP contribution < -0.4 is 5.73 Å². The Bertz CT molecular complexity index is 402. The molecule has 5 heteroatoms. The summed E-state index contributed by atoms with van der Waals surface area (Å²) < 4.78 is 38.3. The number of primary amides is 1. The Balaban J connectivity index is 3.30. The van der Waals surface area contributed by atoms with Gasteiger partial charge in [-0.1, -0.05) is 37.3 Å². The number of nitrogens with two attached hydrogens (primary N) is 1. The van der Waals surface area contributed by atoms with Crippen molar-refractivity contribution in [3.63, 3.8) is 0 Å². The molecule has 0 radical (unpaired) electrons. The number of carbonyl (C=O) groups excluding carboxylic acids is 1. The Hall–Kier alpha value is -1.52. The second kappa shape index (κ2) is 4.39. The van der Waals surface area contributed by atoms with Gasteiger partial charge in [0.2, 0.25) is 5.91 Å². The van der Waals surface area contributed by atoms with Gasteiger partial charge in [0.25, 0.3) is 0 Å². The molecule has 0 aromatic heterocycles. The van der Waals surface area contributed by atoms with Gasteiger partial charge >= 0.3 is 6.18 Å². The van der Waals surface area contributed by atoms with Crippen molar-refractivity contribution < 1.29 is 18.0 Å². The third kappa shape index (κ3) is 2.43. The molecule has 2 atom stereocenters. The molecule has 0 fully saturated rings. The summed E-state index contributed by atoms with van der Waals surface area (Å²) in [4.78, 5) is 11.4. The van der Waals surface area contributed by atoms with E-state index in [1.807, 2.05) is 0 Å². The van der Waals surface area contributed by atoms with Crippen molar-refractivity contribution in [1.29, 1.82) is 0 Å². The molecule has 94 valence electrons. The topological polar surface area (TPSA) is 43.1 Å². The fraction of sp³-hybridized carbons (Fsp3) is 0.417. The molecule has 0 spiro atoms. The van der Waals surface area contributed by atoms with E-state index in [9.17, 15) is 18.0 Å². The summed E-state index contributed by atoms with van der Waals surface area (Å²) in [5.41, 5.74) is 3.69. The minimum Gasteiger partial charge on any atom is -0.369 e. The summed E-state index contributed by atoms with van der Waals surface area (Å²) in [5, 5.41) is 0. The van der Waals surface area contributed by atoms with Crippen molar-refractivity contribution in [2.45, 2.75) is 25.4 Å². The molecule has 0 aliphatic heterocycles. The number of alkyl halides is 3. The molecule has 1 rings (SSSR count). The monoisotopic (exact) mass is 245 g/mol. The quantitative estimate of drug-likeness (QED) is 0.874. The number of amides is 1. The minimum absolute atomic E-state index is 0.275. The van der Waals surface area contributed by atoms with Crippen molar-refractivity contribution in [1.82, 2.24) is 0 Å². The van der Waals surface area contributed by atoms with Crippen LogP contribution >= 0.6 is 0 Å². The van der Waals surface area contributed by atoms with Crippen LogP contribution in [0.2, 0.25) is 0 Å². The highest BCUT2D eigenvalue weighted by molar-refractivity contribution is 5.86. The van der Waals surface area contributed by atoms with E-state index < -0.39 is 23.4 Å². The first-order valence-electron chi connectivity index (χ1n) is 5.13. The van der Waals surface area contributed by atoms with Gasteiger partial charge in [-0.05, 0) is 12.5 Å². The van der Waals surface area contributed by atoms with Gasteiger partial charge in [0.15, 0.2) is 0 Å². The van der Waals surface area contributed by atoms with E-state index in [1.165, 1.54) is 19.1 Å². The zero-order valence-corrected chi connectivity index (χ0v) is 9.58. The largest absolute Gasteiger partial charge is 0.392 e. The molecular weight excluding hydrogens is 231 g/mol. The number of benzene rings is 1. The van der Waals surface area contributed by atoms with Crippen LogP contribution in [0.25, 0.3) is 0 Å². The number of hydrogen-bond acceptors (Lipinski definition) is 1. The molecule has 0 aliphatic carbocycles. The molecule has 2 N–H and O–H groups in total. The lowest BCUT2D eigenvalue weighted by atomic mass is 9.71. The zero-order chi connectivity index (χ0) is 13.3. The average molecular weight is 245 g/mol. The van der Waals surface area contributed by atoms with E-state index in [4.69, 9.17) is 5.73 Å². The summed E-state index contributed by atoms with van der Waals surface area (Å²) in [6, 6.07) is 7.79. The lowest BCUT2D eigenvalue weighted by Crippen LogP contribution is -2.49. The van der Waals surface area contributed by atoms with Gasteiger partial charge in [0, 0.05) is 0 Å². The summed E-state index contributed by atoms with van der Waals surface area (Å²) >= 11 is 0. The number of carbonyl (C=O) groups is 1. The maximum Gasteiger partial charge on any atom is 0.392 e. The predicted octanol–water partition coefficient (Wildman–Crippen LogP) is 2.63. The third-order valence-electron chi connectivity index (χ3n) is 3.24. The van der Waals surface area contributed by atoms with Gasteiger partial charge in [-0.3, -0.25) is 4.79 Å². The van der Waals surface area contributed by atoms with Crippen LogP contribution in [0.3, 0.4) is 0 Å². The third-order valence-corrected chi connectivity index (χ3v) is 3.24. The van der Waals surface area contributed by atoms with Gasteiger partial charge in [-0.2, -0.15) is 13.2 Å². The number of halogens is 3. The molecule has 0 aliphatic rings. The van der Waals surface area contributed by atoms with Crippen molar-refractivity contribution >= 4 is 5.91 Å². The van der Waals surface area contributed by atoms with Crippen molar-refractivity contribution in [3.05, 3.63) is 35.9 Å². The van der Waals surface area contributed by atoms with E-state index in [2.05, 4.69) is 0 Å². The van der Waals surface area contributed by atoms with Crippen LogP contribution in [0.1, 0.15) is 19.4 Å². The molecule has 2 unspecified atom stereocenters. The molecule has 1 amide bonds. The number of rotatable bonds is 3. The van der Waals surface area contributed by atoms with E-state index in [-0.39, 0.29) is 5.56 Å². The SMILES string of the molecule is CC(C(F)(F)F)C(C)(C(N)=O)c1ccccc1. The van der Waals surface area contributed by atoms with Crippen molar-refractivity contribution in [3.8, 4) is 0 Å². The standard InChI is InChI=1S/C12H14F3NO/c1-8(12(13,14)15)11(2,10(16)17)9-6-4-3-5-7-9/h3-8H,1-2H3,(H2,16,17). The Kier molecular flexibility index (Phi) is 3.50. The summed E-state index contributed by atoms with van der Waals surface area (Å²) in [5.74, 6) is -2.82. The highest BCUT2D eigenvalue weighted by Gasteiger charge is 2.52. The van der Waals surface area contributed by atoms with Gasteiger partial charge in [0.05, 0.1) is 11.3 Å². The maximum atomic E-state index is 12.8. The van der Waals surface area contributed by atoms with Crippen LogP contribution in [0.15, 0.2) is 30.3 Å². The Labute approximate surface area is 97.6 Å². The van der Waals surface area contributed by atoms with E-state index >= 15 is 0 Å². The fourth-order valence-electron chi connectivity index (χ4n) is 1.72. The average Bonchev–Trinajstić information content (AvgIpc) is 2.26. The summed E-state index contributed by atoms with van der Waals surface area (Å²) in [6.07, 6.45) is -4.47. The number of hydrogen-bond donors (Lipinski definition) is 1. The fourth-order valence-corrected chi connectivity index (χ4v) is 1.72. The van der Waals surface area contributed by atoms with Crippen LogP contribution in [0.5, 0.6) is 0 Å². The molecule has 1 aromatic carbocycles. The summed E-state index contributed by atoms with van der Waals surface area (Å²) in [6.45, 7) is 2.20. The molecule has 2 nitrogen and oxygen atoms in total. The first-order valence-corrected chi connectivity index (χ1v) is 5.13. The van der Waals surface area contributed by atoms with Crippen LogP contribution in [-0.2, 0) is 10.2 Å². The van der Waals surface area contributed by atoms with Gasteiger partial charge < -0.3 is 5.73 Å². The summed E-state index contributed by atoms with van der Waals surface area (Å²) in [7, 11) is 0. The normalized spacial score (nSPS) is 17.2. The van der Waals surface area contributed by atoms with E-state index in [0.29, 0.717) is 0 Å². The van der Waals surface area contributed by atoms with Crippen LogP contribution in [-0.4, -0.2) is 12.1 Å². The van der Waals surface area contributed by atoms with Gasteiger partial charge in [0.1, 0.15) is 0 Å². The zero-order valence-electron chi connectivity index (χ0n) is 9.58. The van der Waals surface area contributed by atoms with Crippen LogP contribution in [0, 0.1) is 5.92 Å². The second-order valence-electron chi connectivity index (χ2n) is 4.20. The Morgan fingerprint density at radius 1 is 1.24 bits per heavy atom.